The second-order valence-corrected chi connectivity index (χ2v) is 9.67. The number of likely N-dealkylation sites (tertiary alicyclic amines) is 1. The molecule has 0 aromatic heterocycles. The number of nitrogens with zero attached hydrogens (tertiary/aromatic N) is 1. The van der Waals surface area contributed by atoms with Crippen LogP contribution in [0.15, 0.2) is 29.2 Å². The van der Waals surface area contributed by atoms with E-state index in [0.29, 0.717) is 25.2 Å². The number of piperidine rings is 1. The third-order valence-corrected chi connectivity index (χ3v) is 6.77. The van der Waals surface area contributed by atoms with Gasteiger partial charge in [0.15, 0.2) is 0 Å². The molecule has 1 heterocycles. The topological polar surface area (TPSA) is 125 Å². The van der Waals surface area contributed by atoms with Crippen LogP contribution >= 0.6 is 0 Å². The molecule has 3 amide bonds. The number of benzene rings is 1. The molecule has 0 spiro atoms. The summed E-state index contributed by atoms with van der Waals surface area (Å²) in [5.74, 6) is -0.887. The molecule has 164 valence electrons. The van der Waals surface area contributed by atoms with Crippen LogP contribution in [0.25, 0.3) is 0 Å². The highest BCUT2D eigenvalue weighted by Crippen LogP contribution is 2.23. The molecule has 1 saturated carbocycles. The van der Waals surface area contributed by atoms with Crippen molar-refractivity contribution in [1.82, 2.24) is 14.9 Å². The zero-order valence-corrected chi connectivity index (χ0v) is 18.0. The van der Waals surface area contributed by atoms with E-state index in [4.69, 9.17) is 0 Å². The van der Waals surface area contributed by atoms with Gasteiger partial charge in [0.05, 0.1) is 16.9 Å². The van der Waals surface area contributed by atoms with Crippen molar-refractivity contribution < 1.29 is 22.8 Å². The molecule has 2 fully saturated rings. The van der Waals surface area contributed by atoms with Crippen LogP contribution in [-0.4, -0.2) is 56.2 Å². The van der Waals surface area contributed by atoms with Gasteiger partial charge in [0, 0.05) is 31.7 Å². The van der Waals surface area contributed by atoms with Gasteiger partial charge in [0.2, 0.25) is 27.7 Å². The van der Waals surface area contributed by atoms with Crippen molar-refractivity contribution in [3.63, 3.8) is 0 Å². The Morgan fingerprint density at radius 3 is 2.37 bits per heavy atom. The molecule has 1 aliphatic carbocycles. The molecule has 1 aromatic rings. The summed E-state index contributed by atoms with van der Waals surface area (Å²) < 4.78 is 27.7. The summed E-state index contributed by atoms with van der Waals surface area (Å²) in [5, 5.41) is 5.54. The number of amides is 3. The summed E-state index contributed by atoms with van der Waals surface area (Å²) in [4.78, 5) is 37.8. The number of anilines is 1. The summed E-state index contributed by atoms with van der Waals surface area (Å²) in [6.45, 7) is 3.66. The SMILES string of the molecule is CC(=O)Nc1ccc(S(=O)(=O)N[C@@H](C)C(=O)N2CCCC(C(=O)NC3CC3)C2)cc1. The van der Waals surface area contributed by atoms with Crippen molar-refractivity contribution in [3.05, 3.63) is 24.3 Å². The van der Waals surface area contributed by atoms with E-state index >= 15 is 0 Å². The summed E-state index contributed by atoms with van der Waals surface area (Å²) >= 11 is 0. The Bertz CT molecular complexity index is 912. The minimum atomic E-state index is -3.92. The number of sulfonamides is 1. The van der Waals surface area contributed by atoms with Gasteiger partial charge in [-0.05, 0) is 56.9 Å². The fourth-order valence-corrected chi connectivity index (χ4v) is 4.68. The fraction of sp³-hybridized carbons (Fsp3) is 0.550. The first-order chi connectivity index (χ1) is 14.2. The van der Waals surface area contributed by atoms with E-state index in [2.05, 4.69) is 15.4 Å². The number of hydrogen-bond acceptors (Lipinski definition) is 5. The second-order valence-electron chi connectivity index (χ2n) is 7.95. The lowest BCUT2D eigenvalue weighted by molar-refractivity contribution is -0.136. The molecular formula is C20H28N4O5S. The van der Waals surface area contributed by atoms with E-state index in [0.717, 1.165) is 19.3 Å². The third-order valence-electron chi connectivity index (χ3n) is 5.21. The minimum absolute atomic E-state index is 0.00316. The van der Waals surface area contributed by atoms with Crippen LogP contribution < -0.4 is 15.4 Å². The quantitative estimate of drug-likeness (QED) is 0.584. The Kier molecular flexibility index (Phi) is 6.77. The maximum Gasteiger partial charge on any atom is 0.241 e. The predicted octanol–water partition coefficient (Wildman–Crippen LogP) is 0.829. The van der Waals surface area contributed by atoms with Crippen LogP contribution in [0.5, 0.6) is 0 Å². The largest absolute Gasteiger partial charge is 0.353 e. The fourth-order valence-electron chi connectivity index (χ4n) is 3.48. The molecule has 3 rings (SSSR count). The van der Waals surface area contributed by atoms with Gasteiger partial charge in [-0.25, -0.2) is 8.42 Å². The van der Waals surface area contributed by atoms with Gasteiger partial charge in [-0.15, -0.1) is 0 Å². The van der Waals surface area contributed by atoms with E-state index in [1.54, 1.807) is 4.90 Å². The Labute approximate surface area is 176 Å². The van der Waals surface area contributed by atoms with Gasteiger partial charge in [-0.1, -0.05) is 0 Å². The maximum atomic E-state index is 12.8. The van der Waals surface area contributed by atoms with Crippen molar-refractivity contribution in [2.24, 2.45) is 5.92 Å². The minimum Gasteiger partial charge on any atom is -0.353 e. The monoisotopic (exact) mass is 436 g/mol. The van der Waals surface area contributed by atoms with Gasteiger partial charge in [-0.3, -0.25) is 14.4 Å². The van der Waals surface area contributed by atoms with Crippen molar-refractivity contribution in [2.45, 2.75) is 56.5 Å². The lowest BCUT2D eigenvalue weighted by Gasteiger charge is -2.33. The van der Waals surface area contributed by atoms with Crippen molar-refractivity contribution >= 4 is 33.4 Å². The summed E-state index contributed by atoms with van der Waals surface area (Å²) in [7, 11) is -3.92. The first-order valence-corrected chi connectivity index (χ1v) is 11.6. The van der Waals surface area contributed by atoms with Crippen LogP contribution in [0, 0.1) is 5.92 Å². The first-order valence-electron chi connectivity index (χ1n) is 10.1. The smallest absolute Gasteiger partial charge is 0.241 e. The molecule has 1 saturated heterocycles. The normalized spacial score (nSPS) is 20.3. The molecule has 3 N–H and O–H groups in total. The Hall–Kier alpha value is -2.46. The molecule has 2 atom stereocenters. The molecular weight excluding hydrogens is 408 g/mol. The lowest BCUT2D eigenvalue weighted by atomic mass is 9.96. The van der Waals surface area contributed by atoms with E-state index in [1.807, 2.05) is 0 Å². The molecule has 1 aliphatic heterocycles. The number of carbonyl (C=O) groups excluding carboxylic acids is 3. The lowest BCUT2D eigenvalue weighted by Crippen LogP contribution is -2.52. The van der Waals surface area contributed by atoms with Crippen LogP contribution in [-0.2, 0) is 24.4 Å². The van der Waals surface area contributed by atoms with Gasteiger partial charge in [0.1, 0.15) is 0 Å². The van der Waals surface area contributed by atoms with E-state index in [1.165, 1.54) is 38.1 Å². The molecule has 30 heavy (non-hydrogen) atoms. The molecule has 0 radical (unpaired) electrons. The highest BCUT2D eigenvalue weighted by atomic mass is 32.2. The van der Waals surface area contributed by atoms with Crippen molar-refractivity contribution in [2.75, 3.05) is 18.4 Å². The van der Waals surface area contributed by atoms with Crippen LogP contribution in [0.3, 0.4) is 0 Å². The Balaban J connectivity index is 1.59. The maximum absolute atomic E-state index is 12.8. The van der Waals surface area contributed by atoms with Gasteiger partial charge < -0.3 is 15.5 Å². The number of rotatable bonds is 7. The van der Waals surface area contributed by atoms with Crippen molar-refractivity contribution in [1.29, 1.82) is 0 Å². The highest BCUT2D eigenvalue weighted by molar-refractivity contribution is 7.89. The molecule has 2 aliphatic rings. The summed E-state index contributed by atoms with van der Waals surface area (Å²) in [6.07, 6.45) is 3.44. The number of hydrogen-bond donors (Lipinski definition) is 3. The van der Waals surface area contributed by atoms with Crippen LogP contribution in [0.4, 0.5) is 5.69 Å². The average molecular weight is 437 g/mol. The van der Waals surface area contributed by atoms with Crippen LogP contribution in [0.1, 0.15) is 39.5 Å². The Morgan fingerprint density at radius 1 is 1.10 bits per heavy atom. The van der Waals surface area contributed by atoms with Gasteiger partial charge in [-0.2, -0.15) is 4.72 Å². The number of nitrogens with one attached hydrogen (secondary N) is 3. The predicted molar refractivity (Wildman–Crippen MR) is 111 cm³/mol. The zero-order chi connectivity index (χ0) is 21.9. The summed E-state index contributed by atoms with van der Waals surface area (Å²) in [6, 6.07) is 5.00. The van der Waals surface area contributed by atoms with E-state index in [9.17, 15) is 22.8 Å². The standard InChI is InChI=1S/C20H28N4O5S/c1-13(23-30(28,29)18-9-7-16(8-10-18)21-14(2)25)20(27)24-11-3-4-15(12-24)19(26)22-17-5-6-17/h7-10,13,15,17,23H,3-6,11-12H2,1-2H3,(H,21,25)(H,22,26)/t13-,15?/m0/s1. The van der Waals surface area contributed by atoms with Crippen molar-refractivity contribution in [3.8, 4) is 0 Å². The van der Waals surface area contributed by atoms with E-state index in [-0.39, 0.29) is 34.6 Å². The van der Waals surface area contributed by atoms with Gasteiger partial charge >= 0.3 is 0 Å². The average Bonchev–Trinajstić information content (AvgIpc) is 3.51. The Morgan fingerprint density at radius 2 is 1.77 bits per heavy atom. The first kappa shape index (κ1) is 22.2. The molecule has 1 aromatic carbocycles. The number of carbonyl (C=O) groups is 3. The zero-order valence-electron chi connectivity index (χ0n) is 17.2. The highest BCUT2D eigenvalue weighted by Gasteiger charge is 2.34. The van der Waals surface area contributed by atoms with Crippen LogP contribution in [0.2, 0.25) is 0 Å². The third kappa shape index (κ3) is 5.79. The molecule has 1 unspecified atom stereocenters. The summed E-state index contributed by atoms with van der Waals surface area (Å²) in [5.41, 5.74) is 0.481. The second kappa shape index (κ2) is 9.13. The van der Waals surface area contributed by atoms with Gasteiger partial charge in [0.25, 0.3) is 0 Å². The molecule has 10 heteroatoms. The molecule has 0 bridgehead atoms. The molecule has 9 nitrogen and oxygen atoms in total. The van der Waals surface area contributed by atoms with E-state index < -0.39 is 16.1 Å².